The summed E-state index contributed by atoms with van der Waals surface area (Å²) in [6.45, 7) is 7.18. The lowest BCUT2D eigenvalue weighted by Crippen LogP contribution is -2.63. The maximum Gasteiger partial charge on any atom is 0.331 e. The van der Waals surface area contributed by atoms with Crippen LogP contribution < -0.4 is 5.32 Å². The highest BCUT2D eigenvalue weighted by atomic mass is 32.1. The lowest BCUT2D eigenvalue weighted by Gasteiger charge is -2.40. The van der Waals surface area contributed by atoms with E-state index in [-0.39, 0.29) is 0 Å². The van der Waals surface area contributed by atoms with Gasteiger partial charge in [-0.1, -0.05) is 13.8 Å². The fourth-order valence-corrected chi connectivity index (χ4v) is 3.44. The van der Waals surface area contributed by atoms with Crippen molar-refractivity contribution in [2.24, 2.45) is 5.41 Å². The van der Waals surface area contributed by atoms with Gasteiger partial charge < -0.3 is 0 Å². The lowest BCUT2D eigenvalue weighted by atomic mass is 9.78. The molecule has 0 spiro atoms. The second kappa shape index (κ2) is 5.55. The number of rotatable bonds is 4. The van der Waals surface area contributed by atoms with Crippen molar-refractivity contribution in [2.45, 2.75) is 46.6 Å². The number of amides is 4. The normalized spacial score (nSPS) is 19.6. The van der Waals surface area contributed by atoms with Crippen LogP contribution in [0.5, 0.6) is 0 Å². The number of aromatic nitrogens is 1. The number of hydrogen-bond acceptors (Lipinski definition) is 5. The molecule has 1 atom stereocenters. The third-order valence-electron chi connectivity index (χ3n) is 4.09. The topological polar surface area (TPSA) is 79.4 Å². The molecular formula is C14H19N3O3S. The van der Waals surface area contributed by atoms with Gasteiger partial charge in [-0.2, -0.15) is 0 Å². The summed E-state index contributed by atoms with van der Waals surface area (Å²) in [5.41, 5.74) is -0.311. The zero-order valence-corrected chi connectivity index (χ0v) is 13.4. The van der Waals surface area contributed by atoms with E-state index in [1.165, 1.54) is 11.3 Å². The Labute approximate surface area is 127 Å². The number of nitrogens with zero attached hydrogens (tertiary/aromatic N) is 2. The minimum absolute atomic E-state index is 0.363. The van der Waals surface area contributed by atoms with Crippen molar-refractivity contribution in [3.63, 3.8) is 0 Å². The van der Waals surface area contributed by atoms with Crippen molar-refractivity contribution in [2.75, 3.05) is 0 Å². The highest BCUT2D eigenvalue weighted by Crippen LogP contribution is 2.36. The molecule has 6 nitrogen and oxygen atoms in total. The molecule has 1 N–H and O–H groups in total. The monoisotopic (exact) mass is 309 g/mol. The average Bonchev–Trinajstić information content (AvgIpc) is 2.86. The summed E-state index contributed by atoms with van der Waals surface area (Å²) in [7, 11) is 0. The molecule has 0 bridgehead atoms. The van der Waals surface area contributed by atoms with Crippen LogP contribution in [0.3, 0.4) is 0 Å². The van der Waals surface area contributed by atoms with Crippen LogP contribution in [0.15, 0.2) is 5.38 Å². The van der Waals surface area contributed by atoms with Gasteiger partial charge in [-0.05, 0) is 26.7 Å². The Bertz CT molecular complexity index is 592. The van der Waals surface area contributed by atoms with E-state index in [2.05, 4.69) is 10.3 Å². The number of imide groups is 2. The van der Waals surface area contributed by atoms with Gasteiger partial charge in [0.15, 0.2) is 0 Å². The predicted octanol–water partition coefficient (Wildman–Crippen LogP) is 2.40. The summed E-state index contributed by atoms with van der Waals surface area (Å²) >= 11 is 1.40. The molecule has 21 heavy (non-hydrogen) atoms. The third kappa shape index (κ3) is 2.35. The maximum absolute atomic E-state index is 12.8. The SMILES string of the molecule is CCC1(CC)C(=O)NC(=O)N(C(C)c2nc(C)cs2)C1=O. The van der Waals surface area contributed by atoms with Gasteiger partial charge in [-0.15, -0.1) is 11.3 Å². The van der Waals surface area contributed by atoms with E-state index in [1.807, 2.05) is 12.3 Å². The fourth-order valence-electron chi connectivity index (χ4n) is 2.60. The van der Waals surface area contributed by atoms with Crippen LogP contribution in [0.25, 0.3) is 0 Å². The summed E-state index contributed by atoms with van der Waals surface area (Å²) < 4.78 is 0. The second-order valence-corrected chi connectivity index (χ2v) is 6.12. The molecule has 1 aliphatic heterocycles. The number of aryl methyl sites for hydroxylation is 1. The molecule has 7 heteroatoms. The number of urea groups is 1. The van der Waals surface area contributed by atoms with Crippen LogP contribution in [0, 0.1) is 12.3 Å². The Morgan fingerprint density at radius 3 is 2.43 bits per heavy atom. The number of thiazole rings is 1. The summed E-state index contributed by atoms with van der Waals surface area (Å²) in [5, 5.41) is 4.87. The van der Waals surface area contributed by atoms with Gasteiger partial charge in [0.2, 0.25) is 11.8 Å². The molecule has 0 saturated carbocycles. The Morgan fingerprint density at radius 2 is 1.95 bits per heavy atom. The van der Waals surface area contributed by atoms with E-state index in [1.54, 1.807) is 20.8 Å². The highest BCUT2D eigenvalue weighted by molar-refractivity contribution is 7.09. The van der Waals surface area contributed by atoms with Crippen molar-refractivity contribution in [3.8, 4) is 0 Å². The number of nitrogens with one attached hydrogen (secondary N) is 1. The van der Waals surface area contributed by atoms with E-state index < -0.39 is 29.3 Å². The van der Waals surface area contributed by atoms with Gasteiger partial charge in [-0.3, -0.25) is 19.8 Å². The fraction of sp³-hybridized carbons (Fsp3) is 0.571. The first kappa shape index (κ1) is 15.6. The molecule has 1 fully saturated rings. The molecular weight excluding hydrogens is 290 g/mol. The Hall–Kier alpha value is -1.76. The van der Waals surface area contributed by atoms with E-state index in [0.717, 1.165) is 10.6 Å². The molecule has 0 aliphatic carbocycles. The number of barbiturate groups is 1. The van der Waals surface area contributed by atoms with Crippen LogP contribution in [-0.2, 0) is 9.59 Å². The van der Waals surface area contributed by atoms with Crippen molar-refractivity contribution in [3.05, 3.63) is 16.1 Å². The molecule has 1 unspecified atom stereocenters. The summed E-state index contributed by atoms with van der Waals surface area (Å²) in [4.78, 5) is 42.5. The third-order valence-corrected chi connectivity index (χ3v) is 5.22. The standard InChI is InChI=1S/C14H19N3O3S/c1-5-14(6-2)11(18)16-13(20)17(12(14)19)9(4)10-15-8(3)7-21-10/h7,9H,5-6H2,1-4H3,(H,16,18,20). The molecule has 1 saturated heterocycles. The van der Waals surface area contributed by atoms with Crippen molar-refractivity contribution < 1.29 is 14.4 Å². The zero-order chi connectivity index (χ0) is 15.8. The molecule has 1 aromatic heterocycles. The maximum atomic E-state index is 12.8. The Kier molecular flexibility index (Phi) is 4.13. The van der Waals surface area contributed by atoms with Crippen molar-refractivity contribution >= 4 is 29.2 Å². The van der Waals surface area contributed by atoms with Crippen LogP contribution in [0.4, 0.5) is 4.79 Å². The summed E-state index contributed by atoms with van der Waals surface area (Å²) in [6.07, 6.45) is 0.725. The van der Waals surface area contributed by atoms with Crippen LogP contribution >= 0.6 is 11.3 Å². The Balaban J connectivity index is 2.40. The molecule has 0 radical (unpaired) electrons. The van der Waals surface area contributed by atoms with E-state index >= 15 is 0 Å². The smallest absolute Gasteiger partial charge is 0.277 e. The van der Waals surface area contributed by atoms with Crippen LogP contribution in [-0.4, -0.2) is 27.7 Å². The molecule has 1 aromatic rings. The first-order valence-electron chi connectivity index (χ1n) is 6.98. The summed E-state index contributed by atoms with van der Waals surface area (Å²) in [5.74, 6) is -0.928. The molecule has 1 aliphatic rings. The van der Waals surface area contributed by atoms with Crippen LogP contribution in [0.1, 0.15) is 50.4 Å². The minimum atomic E-state index is -1.16. The van der Waals surface area contributed by atoms with Gasteiger partial charge in [0.1, 0.15) is 10.4 Å². The van der Waals surface area contributed by atoms with Gasteiger partial charge >= 0.3 is 6.03 Å². The number of hydrogen-bond donors (Lipinski definition) is 1. The number of carbonyl (C=O) groups is 3. The molecule has 2 heterocycles. The van der Waals surface area contributed by atoms with E-state index in [4.69, 9.17) is 0 Å². The van der Waals surface area contributed by atoms with E-state index in [0.29, 0.717) is 17.8 Å². The predicted molar refractivity (Wildman–Crippen MR) is 78.7 cm³/mol. The lowest BCUT2D eigenvalue weighted by molar-refractivity contribution is -0.153. The van der Waals surface area contributed by atoms with Crippen molar-refractivity contribution in [1.29, 1.82) is 0 Å². The quantitative estimate of drug-likeness (QED) is 0.866. The van der Waals surface area contributed by atoms with E-state index in [9.17, 15) is 14.4 Å². The van der Waals surface area contributed by atoms with Gasteiger partial charge in [0.25, 0.3) is 0 Å². The molecule has 114 valence electrons. The molecule has 0 aromatic carbocycles. The number of carbonyl (C=O) groups excluding carboxylic acids is 3. The summed E-state index contributed by atoms with van der Waals surface area (Å²) in [6, 6.07) is -1.15. The average molecular weight is 309 g/mol. The first-order valence-corrected chi connectivity index (χ1v) is 7.86. The first-order chi connectivity index (χ1) is 9.87. The largest absolute Gasteiger partial charge is 0.331 e. The molecule has 4 amide bonds. The van der Waals surface area contributed by atoms with Gasteiger partial charge in [0, 0.05) is 11.1 Å². The zero-order valence-electron chi connectivity index (χ0n) is 12.6. The van der Waals surface area contributed by atoms with Gasteiger partial charge in [0.05, 0.1) is 6.04 Å². The van der Waals surface area contributed by atoms with Crippen LogP contribution in [0.2, 0.25) is 0 Å². The minimum Gasteiger partial charge on any atom is -0.277 e. The van der Waals surface area contributed by atoms with Gasteiger partial charge in [-0.25, -0.2) is 9.78 Å². The Morgan fingerprint density at radius 1 is 1.33 bits per heavy atom. The molecule has 2 rings (SSSR count). The van der Waals surface area contributed by atoms with Crippen molar-refractivity contribution in [1.82, 2.24) is 15.2 Å². The second-order valence-electron chi connectivity index (χ2n) is 5.23. The highest BCUT2D eigenvalue weighted by Gasteiger charge is 2.53.